The van der Waals surface area contributed by atoms with Crippen LogP contribution in [0.5, 0.6) is 0 Å². The van der Waals surface area contributed by atoms with Gasteiger partial charge in [0.05, 0.1) is 11.8 Å². The summed E-state index contributed by atoms with van der Waals surface area (Å²) in [5.41, 5.74) is 1.78. The summed E-state index contributed by atoms with van der Waals surface area (Å²) in [7, 11) is 0. The van der Waals surface area contributed by atoms with Gasteiger partial charge in [-0.3, -0.25) is 4.79 Å². The van der Waals surface area contributed by atoms with Gasteiger partial charge in [-0.1, -0.05) is 18.2 Å². The molecule has 0 saturated heterocycles. The lowest BCUT2D eigenvalue weighted by Gasteiger charge is -2.12. The van der Waals surface area contributed by atoms with Crippen LogP contribution in [0.3, 0.4) is 0 Å². The number of carbonyl (C=O) groups is 1. The normalized spacial score (nSPS) is 12.3. The summed E-state index contributed by atoms with van der Waals surface area (Å²) in [5, 5.41) is 3.90. The average Bonchev–Trinajstić information content (AvgIpc) is 2.93. The first kappa shape index (κ1) is 17.5. The number of furan rings is 1. The van der Waals surface area contributed by atoms with E-state index in [0.717, 1.165) is 40.4 Å². The first-order valence-electron chi connectivity index (χ1n) is 7.81. The quantitative estimate of drug-likeness (QED) is 0.651. The van der Waals surface area contributed by atoms with E-state index in [2.05, 4.69) is 5.32 Å². The van der Waals surface area contributed by atoms with Gasteiger partial charge in [0, 0.05) is 15.8 Å². The van der Waals surface area contributed by atoms with Crippen LogP contribution in [-0.4, -0.2) is 11.7 Å². The van der Waals surface area contributed by atoms with E-state index in [1.807, 2.05) is 38.1 Å². The minimum Gasteiger partial charge on any atom is -0.459 e. The average molecular weight is 361 g/mol. The molecule has 0 fully saturated rings. The highest BCUT2D eigenvalue weighted by molar-refractivity contribution is 8.00. The van der Waals surface area contributed by atoms with Gasteiger partial charge in [-0.2, -0.15) is 0 Å². The first-order valence-corrected chi connectivity index (χ1v) is 8.79. The van der Waals surface area contributed by atoms with Crippen LogP contribution in [0.4, 0.5) is 8.78 Å². The van der Waals surface area contributed by atoms with Crippen LogP contribution in [0.2, 0.25) is 0 Å². The third kappa shape index (κ3) is 3.85. The largest absolute Gasteiger partial charge is 0.459 e. The summed E-state index contributed by atoms with van der Waals surface area (Å²) in [4.78, 5) is 12.6. The fraction of sp³-hybridized carbons (Fsp3) is 0.211. The van der Waals surface area contributed by atoms with E-state index in [1.54, 1.807) is 0 Å². The number of hydrogen-bond donors (Lipinski definition) is 1. The molecule has 1 aromatic heterocycles. The lowest BCUT2D eigenvalue weighted by atomic mass is 10.1. The summed E-state index contributed by atoms with van der Waals surface area (Å²) in [6.07, 6.45) is 0. The molecule has 0 aliphatic heterocycles. The molecule has 0 spiro atoms. The zero-order chi connectivity index (χ0) is 18.0. The van der Waals surface area contributed by atoms with Gasteiger partial charge in [-0.25, -0.2) is 8.78 Å². The lowest BCUT2D eigenvalue weighted by molar-refractivity contribution is -0.119. The third-order valence-corrected chi connectivity index (χ3v) is 4.91. The molecule has 0 aliphatic carbocycles. The number of aryl methyl sites for hydroxylation is 1. The van der Waals surface area contributed by atoms with E-state index in [1.165, 1.54) is 6.07 Å². The van der Waals surface area contributed by atoms with Crippen LogP contribution in [0.1, 0.15) is 24.3 Å². The van der Waals surface area contributed by atoms with Gasteiger partial charge in [-0.05, 0) is 38.1 Å². The van der Waals surface area contributed by atoms with E-state index in [9.17, 15) is 13.6 Å². The predicted octanol–water partition coefficient (Wildman–Crippen LogP) is 4.99. The highest BCUT2D eigenvalue weighted by Gasteiger charge is 2.18. The molecule has 25 heavy (non-hydrogen) atoms. The number of halogens is 2. The van der Waals surface area contributed by atoms with Crippen LogP contribution in [0.15, 0.2) is 51.8 Å². The Labute approximate surface area is 148 Å². The van der Waals surface area contributed by atoms with Gasteiger partial charge in [0.15, 0.2) is 11.6 Å². The van der Waals surface area contributed by atoms with Gasteiger partial charge >= 0.3 is 0 Å². The molecule has 3 nitrogen and oxygen atoms in total. The van der Waals surface area contributed by atoms with Crippen LogP contribution >= 0.6 is 11.8 Å². The Balaban J connectivity index is 1.63. The molecule has 6 heteroatoms. The zero-order valence-corrected chi connectivity index (χ0v) is 14.6. The molecule has 3 rings (SSSR count). The minimum absolute atomic E-state index is 0.106. The van der Waals surface area contributed by atoms with Crippen molar-refractivity contribution in [2.24, 2.45) is 0 Å². The van der Waals surface area contributed by atoms with E-state index < -0.39 is 11.6 Å². The second kappa shape index (κ2) is 7.27. The van der Waals surface area contributed by atoms with Crippen molar-refractivity contribution in [2.75, 3.05) is 5.75 Å². The molecule has 0 radical (unpaired) electrons. The van der Waals surface area contributed by atoms with E-state index in [0.29, 0.717) is 10.7 Å². The summed E-state index contributed by atoms with van der Waals surface area (Å²) in [6.45, 7) is 3.81. The number of carbonyl (C=O) groups excluding carboxylic acids is 1. The van der Waals surface area contributed by atoms with E-state index in [-0.39, 0.29) is 17.7 Å². The Kier molecular flexibility index (Phi) is 5.08. The van der Waals surface area contributed by atoms with E-state index in [4.69, 9.17) is 4.42 Å². The molecule has 1 amide bonds. The molecular weight excluding hydrogens is 344 g/mol. The van der Waals surface area contributed by atoms with Gasteiger partial charge in [-0.15, -0.1) is 11.8 Å². The van der Waals surface area contributed by atoms with Crippen molar-refractivity contribution < 1.29 is 18.0 Å². The predicted molar refractivity (Wildman–Crippen MR) is 94.6 cm³/mol. The molecule has 1 atom stereocenters. The summed E-state index contributed by atoms with van der Waals surface area (Å²) < 4.78 is 31.9. The van der Waals surface area contributed by atoms with Crippen LogP contribution in [0.25, 0.3) is 11.0 Å². The maximum absolute atomic E-state index is 13.2. The number of hydrogen-bond acceptors (Lipinski definition) is 3. The third-order valence-electron chi connectivity index (χ3n) is 3.91. The number of benzene rings is 2. The van der Waals surface area contributed by atoms with Crippen molar-refractivity contribution in [3.05, 3.63) is 65.4 Å². The maximum atomic E-state index is 13.2. The van der Waals surface area contributed by atoms with Crippen LogP contribution in [0, 0.1) is 18.6 Å². The first-order chi connectivity index (χ1) is 12.0. The Morgan fingerprint density at radius 3 is 2.68 bits per heavy atom. The zero-order valence-electron chi connectivity index (χ0n) is 13.8. The van der Waals surface area contributed by atoms with E-state index >= 15 is 0 Å². The molecule has 130 valence electrons. The van der Waals surface area contributed by atoms with Crippen molar-refractivity contribution in [1.82, 2.24) is 5.32 Å². The summed E-state index contributed by atoms with van der Waals surface area (Å²) in [6, 6.07) is 11.0. The fourth-order valence-corrected chi connectivity index (χ4v) is 3.40. The van der Waals surface area contributed by atoms with Crippen LogP contribution < -0.4 is 5.32 Å². The SMILES string of the molecule is Cc1c(C(C)NC(=O)CSc2ccc(F)c(F)c2)oc2ccccc12. The number of fused-ring (bicyclic) bond motifs is 1. The summed E-state index contributed by atoms with van der Waals surface area (Å²) in [5.74, 6) is -1.21. The van der Waals surface area contributed by atoms with Crippen molar-refractivity contribution in [2.45, 2.75) is 24.8 Å². The Morgan fingerprint density at radius 2 is 1.96 bits per heavy atom. The second-order valence-electron chi connectivity index (χ2n) is 5.74. The molecule has 0 aliphatic rings. The molecule has 1 unspecified atom stereocenters. The maximum Gasteiger partial charge on any atom is 0.230 e. The van der Waals surface area contributed by atoms with Gasteiger partial charge in [0.2, 0.25) is 5.91 Å². The molecular formula is C19H17F2NO2S. The molecule has 2 aromatic carbocycles. The minimum atomic E-state index is -0.920. The van der Waals surface area contributed by atoms with Crippen molar-refractivity contribution in [1.29, 1.82) is 0 Å². The van der Waals surface area contributed by atoms with Crippen molar-refractivity contribution in [3.8, 4) is 0 Å². The number of rotatable bonds is 5. The van der Waals surface area contributed by atoms with Crippen molar-refractivity contribution >= 4 is 28.6 Å². The number of amides is 1. The lowest BCUT2D eigenvalue weighted by Crippen LogP contribution is -2.28. The number of nitrogens with one attached hydrogen (secondary N) is 1. The van der Waals surface area contributed by atoms with Crippen molar-refractivity contribution in [3.63, 3.8) is 0 Å². The number of para-hydroxylation sites is 1. The van der Waals surface area contributed by atoms with Gasteiger partial charge in [0.25, 0.3) is 0 Å². The monoisotopic (exact) mass is 361 g/mol. The fourth-order valence-electron chi connectivity index (χ4n) is 2.67. The smallest absolute Gasteiger partial charge is 0.230 e. The standard InChI is InChI=1S/C19H17F2NO2S/c1-11-14-5-3-4-6-17(14)24-19(11)12(2)22-18(23)10-25-13-7-8-15(20)16(21)9-13/h3-9,12H,10H2,1-2H3,(H,22,23). The highest BCUT2D eigenvalue weighted by atomic mass is 32.2. The van der Waals surface area contributed by atoms with Crippen LogP contribution in [-0.2, 0) is 4.79 Å². The molecule has 1 N–H and O–H groups in total. The summed E-state index contributed by atoms with van der Waals surface area (Å²) >= 11 is 1.15. The Morgan fingerprint density at radius 1 is 1.20 bits per heavy atom. The Hall–Kier alpha value is -2.34. The molecule has 0 saturated carbocycles. The molecule has 3 aromatic rings. The second-order valence-corrected chi connectivity index (χ2v) is 6.79. The molecule has 1 heterocycles. The highest BCUT2D eigenvalue weighted by Crippen LogP contribution is 2.29. The van der Waals surface area contributed by atoms with Gasteiger partial charge < -0.3 is 9.73 Å². The topological polar surface area (TPSA) is 42.2 Å². The Bertz CT molecular complexity index is 923. The molecule has 0 bridgehead atoms. The van der Waals surface area contributed by atoms with Gasteiger partial charge in [0.1, 0.15) is 11.3 Å². The number of thioether (sulfide) groups is 1.